The van der Waals surface area contributed by atoms with Crippen molar-refractivity contribution in [2.45, 2.75) is 18.9 Å². The normalized spacial score (nSPS) is 14.1. The summed E-state index contributed by atoms with van der Waals surface area (Å²) in [4.78, 5) is 17.0. The van der Waals surface area contributed by atoms with Gasteiger partial charge < -0.3 is 29.6 Å². The number of H-pyrrole nitrogens is 1. The summed E-state index contributed by atoms with van der Waals surface area (Å²) in [5.74, 6) is 1.78. The molecule has 3 N–H and O–H groups in total. The molecule has 0 spiro atoms. The average molecular weight is 518 g/mol. The molecule has 0 saturated heterocycles. The number of hydrogen-bond acceptors (Lipinski definition) is 8. The van der Waals surface area contributed by atoms with Gasteiger partial charge in [-0.1, -0.05) is 17.7 Å². The van der Waals surface area contributed by atoms with E-state index in [0.717, 1.165) is 11.1 Å². The molecule has 0 aliphatic heterocycles. The third-order valence-corrected chi connectivity index (χ3v) is 6.38. The fourth-order valence-electron chi connectivity index (χ4n) is 4.26. The van der Waals surface area contributed by atoms with E-state index in [2.05, 4.69) is 25.8 Å². The first-order valence-corrected chi connectivity index (χ1v) is 11.4. The molecule has 1 aliphatic rings. The van der Waals surface area contributed by atoms with Crippen molar-refractivity contribution in [1.82, 2.24) is 20.5 Å². The first-order valence-electron chi connectivity index (χ1n) is 10.6. The molecule has 0 radical (unpaired) electrons. The zero-order chi connectivity index (χ0) is 25.1. The van der Waals surface area contributed by atoms with Crippen LogP contribution in [0.4, 0.5) is 5.95 Å². The van der Waals surface area contributed by atoms with Gasteiger partial charge in [0.15, 0.2) is 22.4 Å². The molecule has 1 aliphatic carbocycles. The number of rotatable bonds is 6. The van der Waals surface area contributed by atoms with Crippen LogP contribution in [0.15, 0.2) is 29.3 Å². The summed E-state index contributed by atoms with van der Waals surface area (Å²) < 4.78 is 22.3. The number of nitrogens with one attached hydrogen (secondary N) is 3. The summed E-state index contributed by atoms with van der Waals surface area (Å²) in [6, 6.07) is 4.62. The minimum atomic E-state index is -0.358. The van der Waals surface area contributed by atoms with Crippen molar-refractivity contribution >= 4 is 34.9 Å². The van der Waals surface area contributed by atoms with Crippen molar-refractivity contribution in [3.63, 3.8) is 0 Å². The second-order valence-electron chi connectivity index (χ2n) is 7.57. The maximum Gasteiger partial charge on any atom is 0.224 e. The summed E-state index contributed by atoms with van der Waals surface area (Å²) in [5, 5.41) is 13.5. The number of benzene rings is 1. The van der Waals surface area contributed by atoms with E-state index in [4.69, 9.17) is 42.8 Å². The lowest BCUT2D eigenvalue weighted by Crippen LogP contribution is -2.33. The van der Waals surface area contributed by atoms with E-state index in [0.29, 0.717) is 57.3 Å². The number of halogens is 1. The number of aromatic nitrogens is 3. The summed E-state index contributed by atoms with van der Waals surface area (Å²) >= 11 is 12.3. The number of nitrogens with zero attached hydrogens (tertiary/aromatic N) is 2. The van der Waals surface area contributed by atoms with Gasteiger partial charge in [0.1, 0.15) is 6.33 Å². The Hall–Kier alpha value is -3.57. The predicted molar refractivity (Wildman–Crippen MR) is 136 cm³/mol. The van der Waals surface area contributed by atoms with E-state index in [-0.39, 0.29) is 17.2 Å². The van der Waals surface area contributed by atoms with Crippen LogP contribution in [0, 0.1) is 0 Å². The number of fused-ring (bicyclic) bond motifs is 3. The van der Waals surface area contributed by atoms with Crippen molar-refractivity contribution < 1.29 is 18.9 Å². The second kappa shape index (κ2) is 10.4. The molecule has 1 atom stereocenters. The maximum absolute atomic E-state index is 13.0. The molecule has 1 heterocycles. The van der Waals surface area contributed by atoms with E-state index in [9.17, 15) is 4.79 Å². The minimum Gasteiger partial charge on any atom is -0.493 e. The lowest BCUT2D eigenvalue weighted by Gasteiger charge is -2.21. The van der Waals surface area contributed by atoms with Gasteiger partial charge in [-0.15, -0.1) is 0 Å². The maximum atomic E-state index is 13.0. The largest absolute Gasteiger partial charge is 0.493 e. The lowest BCUT2D eigenvalue weighted by atomic mass is 9.95. The van der Waals surface area contributed by atoms with Gasteiger partial charge in [0.05, 0.1) is 39.5 Å². The Balaban J connectivity index is 1.94. The molecule has 0 bridgehead atoms. The molecule has 2 aromatic carbocycles. The quantitative estimate of drug-likeness (QED) is 0.419. The highest BCUT2D eigenvalue weighted by molar-refractivity contribution is 7.80. The van der Waals surface area contributed by atoms with E-state index < -0.39 is 0 Å². The highest BCUT2D eigenvalue weighted by atomic mass is 35.5. The van der Waals surface area contributed by atoms with Crippen LogP contribution in [0.1, 0.15) is 23.6 Å². The number of aromatic amines is 1. The van der Waals surface area contributed by atoms with Crippen LogP contribution in [-0.4, -0.2) is 48.7 Å². The summed E-state index contributed by atoms with van der Waals surface area (Å²) in [5.41, 5.74) is 2.65. The number of ether oxygens (including phenoxy) is 4. The first kappa shape index (κ1) is 24.6. The Morgan fingerprint density at radius 3 is 2.49 bits per heavy atom. The average Bonchev–Trinajstić information content (AvgIpc) is 3.24. The third-order valence-electron chi connectivity index (χ3n) is 5.76. The number of methoxy groups -OCH3 is 4. The Labute approximate surface area is 211 Å². The van der Waals surface area contributed by atoms with E-state index in [1.165, 1.54) is 27.7 Å². The molecule has 10 nitrogen and oxygen atoms in total. The van der Waals surface area contributed by atoms with E-state index >= 15 is 0 Å². The van der Waals surface area contributed by atoms with Crippen molar-refractivity contribution in [3.05, 3.63) is 50.9 Å². The predicted octanol–water partition coefficient (Wildman–Crippen LogP) is 3.49. The minimum absolute atomic E-state index is 0.200. The zero-order valence-corrected chi connectivity index (χ0v) is 21.1. The molecular weight excluding hydrogens is 494 g/mol. The third kappa shape index (κ3) is 4.56. The number of thiocarbonyl (C=S) groups is 1. The summed E-state index contributed by atoms with van der Waals surface area (Å²) in [7, 11) is 6.04. The van der Waals surface area contributed by atoms with Gasteiger partial charge in [0.2, 0.25) is 17.1 Å². The topological polar surface area (TPSA) is 120 Å². The Morgan fingerprint density at radius 2 is 1.86 bits per heavy atom. The molecule has 184 valence electrons. The fraction of sp³-hybridized carbons (Fsp3) is 0.304. The highest BCUT2D eigenvalue weighted by Gasteiger charge is 2.32. The van der Waals surface area contributed by atoms with Gasteiger partial charge in [-0.3, -0.25) is 4.79 Å². The second-order valence-corrected chi connectivity index (χ2v) is 8.36. The highest BCUT2D eigenvalue weighted by Crippen LogP contribution is 2.54. The number of anilines is 1. The van der Waals surface area contributed by atoms with E-state index in [1.807, 2.05) is 6.07 Å². The van der Waals surface area contributed by atoms with Crippen LogP contribution in [0.5, 0.6) is 23.0 Å². The van der Waals surface area contributed by atoms with Crippen LogP contribution in [0.3, 0.4) is 0 Å². The van der Waals surface area contributed by atoms with Gasteiger partial charge in [0.25, 0.3) is 0 Å². The van der Waals surface area contributed by atoms with Gasteiger partial charge in [-0.05, 0) is 53.9 Å². The van der Waals surface area contributed by atoms with Crippen molar-refractivity contribution in [2.75, 3.05) is 33.8 Å². The van der Waals surface area contributed by atoms with Gasteiger partial charge in [-0.2, -0.15) is 10.1 Å². The molecule has 1 aromatic heterocycles. The van der Waals surface area contributed by atoms with Gasteiger partial charge in [0, 0.05) is 5.56 Å². The van der Waals surface area contributed by atoms with E-state index in [1.54, 1.807) is 19.2 Å². The number of hydrogen-bond donors (Lipinski definition) is 3. The van der Waals surface area contributed by atoms with Crippen LogP contribution in [-0.2, 0) is 6.42 Å². The summed E-state index contributed by atoms with van der Waals surface area (Å²) in [6.07, 6.45) is 2.47. The Morgan fingerprint density at radius 1 is 1.11 bits per heavy atom. The van der Waals surface area contributed by atoms with Crippen LogP contribution >= 0.6 is 23.8 Å². The molecule has 4 rings (SSSR count). The molecule has 0 saturated carbocycles. The Bertz CT molecular complexity index is 1320. The van der Waals surface area contributed by atoms with Crippen molar-refractivity contribution in [1.29, 1.82) is 0 Å². The van der Waals surface area contributed by atoms with Crippen molar-refractivity contribution in [2.24, 2.45) is 0 Å². The zero-order valence-electron chi connectivity index (χ0n) is 19.5. The molecule has 0 fully saturated rings. The van der Waals surface area contributed by atoms with Gasteiger partial charge >= 0.3 is 0 Å². The SMILES string of the molecule is COc1c(Cl)c2c(c(OC)c1OC)-c1ccc(OC)c(=O)cc1[C@@H](NC(=S)Nc1ncn[nH]1)CC2. The molecule has 3 aromatic rings. The molecular formula is C23H24ClN5O5S. The molecule has 0 unspecified atom stereocenters. The lowest BCUT2D eigenvalue weighted by molar-refractivity contribution is 0.325. The van der Waals surface area contributed by atoms with Crippen LogP contribution in [0.2, 0.25) is 5.02 Å². The molecule has 35 heavy (non-hydrogen) atoms. The van der Waals surface area contributed by atoms with Crippen molar-refractivity contribution in [3.8, 4) is 34.1 Å². The Kier molecular flexibility index (Phi) is 7.27. The monoisotopic (exact) mass is 517 g/mol. The van der Waals surface area contributed by atoms with Gasteiger partial charge in [-0.25, -0.2) is 5.10 Å². The summed E-state index contributed by atoms with van der Waals surface area (Å²) in [6.45, 7) is 0. The van der Waals surface area contributed by atoms with Crippen LogP contribution in [0.25, 0.3) is 11.1 Å². The first-order chi connectivity index (χ1) is 16.9. The van der Waals surface area contributed by atoms with Crippen LogP contribution < -0.4 is 35.0 Å². The standard InChI is InChI=1S/C23H24ClN5O5S/c1-31-16-8-6-11-13(9-15(16)30)14(27-23(35)28-22-25-10-26-29-22)7-5-12-17(11)19(32-2)21(34-4)20(33-3)18(12)24/h6,8-10,14H,5,7H2,1-4H3,(H3,25,26,27,28,29,35)/t14-/m0/s1. The molecule has 12 heteroatoms. The molecule has 0 amide bonds. The fourth-order valence-corrected chi connectivity index (χ4v) is 4.85. The smallest absolute Gasteiger partial charge is 0.224 e.